The number of carbonyl (C=O) groups is 1. The summed E-state index contributed by atoms with van der Waals surface area (Å²) in [7, 11) is 0. The van der Waals surface area contributed by atoms with Gasteiger partial charge >= 0.3 is 6.03 Å². The number of amides is 2. The first kappa shape index (κ1) is 15.8. The molecular weight excluding hydrogens is 319 g/mol. The van der Waals surface area contributed by atoms with Crippen LogP contribution in [0.4, 0.5) is 14.9 Å². The Morgan fingerprint density at radius 2 is 2.30 bits per heavy atom. The van der Waals surface area contributed by atoms with Gasteiger partial charge in [-0.25, -0.2) is 9.18 Å². The number of aromatic nitrogens is 2. The van der Waals surface area contributed by atoms with Crippen LogP contribution in [0.15, 0.2) is 30.5 Å². The molecule has 1 N–H and O–H groups in total. The lowest BCUT2D eigenvalue weighted by Crippen LogP contribution is -2.35. The normalized spacial score (nSPS) is 17.5. The zero-order valence-corrected chi connectivity index (χ0v) is 13.6. The maximum atomic E-state index is 13.2. The molecule has 1 fully saturated rings. The van der Waals surface area contributed by atoms with Gasteiger partial charge in [-0.1, -0.05) is 11.6 Å². The zero-order valence-electron chi connectivity index (χ0n) is 12.8. The molecule has 122 valence electrons. The van der Waals surface area contributed by atoms with Crippen LogP contribution in [0.5, 0.6) is 0 Å². The molecule has 0 saturated carbocycles. The first-order valence-corrected chi connectivity index (χ1v) is 8.02. The maximum Gasteiger partial charge on any atom is 0.322 e. The predicted octanol–water partition coefficient (Wildman–Crippen LogP) is 4.06. The van der Waals surface area contributed by atoms with Crippen LogP contribution in [-0.2, 0) is 6.54 Å². The van der Waals surface area contributed by atoms with Crippen LogP contribution in [0.1, 0.15) is 31.5 Å². The Hall–Kier alpha value is -2.08. The molecule has 2 heterocycles. The molecule has 2 aromatic rings. The fourth-order valence-electron chi connectivity index (χ4n) is 2.98. The van der Waals surface area contributed by atoms with Gasteiger partial charge < -0.3 is 10.2 Å². The molecule has 0 bridgehead atoms. The van der Waals surface area contributed by atoms with E-state index in [-0.39, 0.29) is 17.1 Å². The van der Waals surface area contributed by atoms with Gasteiger partial charge in [-0.15, -0.1) is 0 Å². The lowest BCUT2D eigenvalue weighted by atomic mass is 10.1. The minimum Gasteiger partial charge on any atom is -0.316 e. The molecular formula is C16H18ClFN4O. The van der Waals surface area contributed by atoms with Gasteiger partial charge in [-0.05, 0) is 44.0 Å². The average molecular weight is 337 g/mol. The second-order valence-electron chi connectivity index (χ2n) is 5.48. The van der Waals surface area contributed by atoms with Gasteiger partial charge in [0, 0.05) is 25.0 Å². The number of halogens is 2. The van der Waals surface area contributed by atoms with E-state index in [1.807, 2.05) is 17.7 Å². The summed E-state index contributed by atoms with van der Waals surface area (Å²) in [6.45, 7) is 3.47. The predicted molar refractivity (Wildman–Crippen MR) is 87.0 cm³/mol. The van der Waals surface area contributed by atoms with Gasteiger partial charge in [0.2, 0.25) is 0 Å². The molecule has 0 aliphatic carbocycles. The monoisotopic (exact) mass is 336 g/mol. The minimum absolute atomic E-state index is 0.00775. The molecule has 0 spiro atoms. The number of hydrogen-bond donors (Lipinski definition) is 1. The van der Waals surface area contributed by atoms with Crippen LogP contribution < -0.4 is 5.32 Å². The highest BCUT2D eigenvalue weighted by molar-refractivity contribution is 6.31. The SMILES string of the molecule is CCn1nccc1C1CCCN1C(=O)Nc1ccc(F)c(Cl)c1. The van der Waals surface area contributed by atoms with Crippen molar-refractivity contribution in [3.63, 3.8) is 0 Å². The molecule has 23 heavy (non-hydrogen) atoms. The van der Waals surface area contributed by atoms with Gasteiger partial charge in [0.05, 0.1) is 16.8 Å². The van der Waals surface area contributed by atoms with Crippen molar-refractivity contribution in [2.24, 2.45) is 0 Å². The Morgan fingerprint density at radius 1 is 1.48 bits per heavy atom. The van der Waals surface area contributed by atoms with E-state index >= 15 is 0 Å². The molecule has 5 nitrogen and oxygen atoms in total. The molecule has 1 aromatic heterocycles. The van der Waals surface area contributed by atoms with Crippen molar-refractivity contribution >= 4 is 23.3 Å². The van der Waals surface area contributed by atoms with Gasteiger partial charge in [-0.3, -0.25) is 4.68 Å². The second kappa shape index (κ2) is 6.58. The Kier molecular flexibility index (Phi) is 4.52. The first-order valence-electron chi connectivity index (χ1n) is 7.64. The third kappa shape index (κ3) is 3.17. The summed E-state index contributed by atoms with van der Waals surface area (Å²) >= 11 is 5.75. The molecule has 0 radical (unpaired) electrons. The van der Waals surface area contributed by atoms with E-state index < -0.39 is 5.82 Å². The van der Waals surface area contributed by atoms with E-state index in [4.69, 9.17) is 11.6 Å². The van der Waals surface area contributed by atoms with Gasteiger partial charge in [0.25, 0.3) is 0 Å². The average Bonchev–Trinajstić information content (AvgIpc) is 3.18. The molecule has 7 heteroatoms. The number of benzene rings is 1. The van der Waals surface area contributed by atoms with E-state index in [2.05, 4.69) is 10.4 Å². The van der Waals surface area contributed by atoms with E-state index in [1.54, 1.807) is 11.1 Å². The lowest BCUT2D eigenvalue weighted by molar-refractivity contribution is 0.204. The Morgan fingerprint density at radius 3 is 3.04 bits per heavy atom. The number of aryl methyl sites for hydroxylation is 1. The Bertz CT molecular complexity index is 718. The van der Waals surface area contributed by atoms with Gasteiger partial charge in [0.1, 0.15) is 5.82 Å². The van der Waals surface area contributed by atoms with Crippen molar-refractivity contribution < 1.29 is 9.18 Å². The number of anilines is 1. The third-order valence-corrected chi connectivity index (χ3v) is 4.36. The van der Waals surface area contributed by atoms with Crippen molar-refractivity contribution in [2.45, 2.75) is 32.4 Å². The van der Waals surface area contributed by atoms with Gasteiger partial charge in [0.15, 0.2) is 0 Å². The number of rotatable bonds is 3. The van der Waals surface area contributed by atoms with Crippen LogP contribution >= 0.6 is 11.6 Å². The number of carbonyl (C=O) groups excluding carboxylic acids is 1. The third-order valence-electron chi connectivity index (χ3n) is 4.07. The van der Waals surface area contributed by atoms with Crippen LogP contribution in [0.2, 0.25) is 5.02 Å². The zero-order chi connectivity index (χ0) is 16.4. The van der Waals surface area contributed by atoms with Gasteiger partial charge in [-0.2, -0.15) is 5.10 Å². The quantitative estimate of drug-likeness (QED) is 0.918. The number of urea groups is 1. The summed E-state index contributed by atoms with van der Waals surface area (Å²) in [6, 6.07) is 5.91. The largest absolute Gasteiger partial charge is 0.322 e. The fraction of sp³-hybridized carbons (Fsp3) is 0.375. The van der Waals surface area contributed by atoms with Crippen LogP contribution in [0, 0.1) is 5.82 Å². The summed E-state index contributed by atoms with van der Waals surface area (Å²) in [5, 5.41) is 7.06. The van der Waals surface area contributed by atoms with Crippen molar-refractivity contribution in [2.75, 3.05) is 11.9 Å². The highest BCUT2D eigenvalue weighted by atomic mass is 35.5. The highest BCUT2D eigenvalue weighted by Gasteiger charge is 2.32. The Labute approximate surface area is 139 Å². The van der Waals surface area contributed by atoms with E-state index in [1.165, 1.54) is 18.2 Å². The summed E-state index contributed by atoms with van der Waals surface area (Å²) in [5.74, 6) is -0.504. The molecule has 1 aliphatic rings. The second-order valence-corrected chi connectivity index (χ2v) is 5.89. The summed E-state index contributed by atoms with van der Waals surface area (Å²) in [5.41, 5.74) is 1.52. The van der Waals surface area contributed by atoms with E-state index in [9.17, 15) is 9.18 Å². The van der Waals surface area contributed by atoms with Crippen molar-refractivity contribution in [1.82, 2.24) is 14.7 Å². The Balaban J connectivity index is 1.77. The topological polar surface area (TPSA) is 50.2 Å². The van der Waals surface area contributed by atoms with Crippen molar-refractivity contribution in [3.8, 4) is 0 Å². The number of hydrogen-bond acceptors (Lipinski definition) is 2. The summed E-state index contributed by atoms with van der Waals surface area (Å²) in [6.07, 6.45) is 3.60. The molecule has 2 amide bonds. The smallest absolute Gasteiger partial charge is 0.316 e. The van der Waals surface area contributed by atoms with E-state index in [0.29, 0.717) is 12.2 Å². The molecule has 1 saturated heterocycles. The molecule has 3 rings (SSSR count). The van der Waals surface area contributed by atoms with Crippen LogP contribution in [-0.4, -0.2) is 27.3 Å². The number of nitrogens with zero attached hydrogens (tertiary/aromatic N) is 3. The molecule has 1 atom stereocenters. The number of nitrogens with one attached hydrogen (secondary N) is 1. The van der Waals surface area contributed by atoms with E-state index in [0.717, 1.165) is 25.1 Å². The van der Waals surface area contributed by atoms with Crippen LogP contribution in [0.3, 0.4) is 0 Å². The fourth-order valence-corrected chi connectivity index (χ4v) is 3.16. The highest BCUT2D eigenvalue weighted by Crippen LogP contribution is 2.32. The molecule has 1 unspecified atom stereocenters. The standard InChI is InChI=1S/C16H18ClFN4O/c1-2-22-15(7-8-19-22)14-4-3-9-21(14)16(23)20-11-5-6-13(18)12(17)10-11/h5-8,10,14H,2-4,9H2,1H3,(H,20,23). The summed E-state index contributed by atoms with van der Waals surface area (Å²) < 4.78 is 15.1. The lowest BCUT2D eigenvalue weighted by Gasteiger charge is -2.25. The van der Waals surface area contributed by atoms with Crippen molar-refractivity contribution in [3.05, 3.63) is 47.0 Å². The number of likely N-dealkylation sites (tertiary alicyclic amines) is 1. The first-order chi connectivity index (χ1) is 11.1. The maximum absolute atomic E-state index is 13.2. The summed E-state index contributed by atoms with van der Waals surface area (Å²) in [4.78, 5) is 14.4. The molecule has 1 aromatic carbocycles. The van der Waals surface area contributed by atoms with Crippen LogP contribution in [0.25, 0.3) is 0 Å². The minimum atomic E-state index is -0.504. The van der Waals surface area contributed by atoms with Crippen molar-refractivity contribution in [1.29, 1.82) is 0 Å². The molecule has 1 aliphatic heterocycles.